The van der Waals surface area contributed by atoms with Gasteiger partial charge in [-0.2, -0.15) is 11.8 Å². The molecule has 1 aromatic carbocycles. The van der Waals surface area contributed by atoms with Crippen LogP contribution in [-0.4, -0.2) is 72.5 Å². The molecule has 0 fully saturated rings. The Kier molecular flexibility index (Phi) is 11.9. The number of fused-ring (bicyclic) bond motifs is 1. The fourth-order valence-electron chi connectivity index (χ4n) is 3.26. The Balaban J connectivity index is 1.36. The molecule has 0 unspecified atom stereocenters. The highest BCUT2D eigenvalue weighted by molar-refractivity contribution is 8.01. The fourth-order valence-corrected chi connectivity index (χ4v) is 6.10. The number of nitrogens with zero attached hydrogens (tertiary/aromatic N) is 4. The Morgan fingerprint density at radius 1 is 1.28 bits per heavy atom. The van der Waals surface area contributed by atoms with Crippen LogP contribution in [0.3, 0.4) is 0 Å². The third-order valence-electron chi connectivity index (χ3n) is 4.77. The molecule has 0 atom stereocenters. The molecular weight excluding hydrogens is 518 g/mol. The average molecular weight is 552 g/mol. The summed E-state index contributed by atoms with van der Waals surface area (Å²) in [4.78, 5) is 21.8. The highest BCUT2D eigenvalue weighted by Crippen LogP contribution is 2.32. The zero-order valence-corrected chi connectivity index (χ0v) is 23.3. The molecule has 1 N–H and O–H groups in total. The molecule has 0 amide bonds. The zero-order valence-electron chi connectivity index (χ0n) is 20.9. The maximum atomic E-state index is 11.0. The highest BCUT2D eigenvalue weighted by Gasteiger charge is 2.09. The second-order valence-electron chi connectivity index (χ2n) is 8.15. The number of amidine groups is 1. The van der Waals surface area contributed by atoms with Crippen LogP contribution in [0.5, 0.6) is 5.75 Å². The van der Waals surface area contributed by atoms with Crippen molar-refractivity contribution in [2.45, 2.75) is 30.0 Å². The summed E-state index contributed by atoms with van der Waals surface area (Å²) in [6, 6.07) is 9.95. The van der Waals surface area contributed by atoms with Crippen LogP contribution in [0.1, 0.15) is 24.9 Å². The van der Waals surface area contributed by atoms with Gasteiger partial charge < -0.3 is 19.4 Å². The average Bonchev–Trinajstić information content (AvgIpc) is 3.43. The second-order valence-corrected chi connectivity index (χ2v) is 11.6. The van der Waals surface area contributed by atoms with Gasteiger partial charge in [0.1, 0.15) is 17.3 Å². The summed E-state index contributed by atoms with van der Waals surface area (Å²) in [5.74, 6) is 5.61. The van der Waals surface area contributed by atoms with E-state index in [4.69, 9.17) is 9.15 Å². The normalized spacial score (nSPS) is 11.9. The van der Waals surface area contributed by atoms with E-state index in [1.807, 2.05) is 51.4 Å². The van der Waals surface area contributed by atoms with E-state index >= 15 is 0 Å². The van der Waals surface area contributed by atoms with E-state index in [1.165, 1.54) is 0 Å². The minimum Gasteiger partial charge on any atom is -0.494 e. The molecule has 2 aromatic heterocycles. The lowest BCUT2D eigenvalue weighted by molar-refractivity contribution is -0.463. The molecule has 0 radical (unpaired) electrons. The van der Waals surface area contributed by atoms with E-state index in [0.717, 1.165) is 62.1 Å². The van der Waals surface area contributed by atoms with Gasteiger partial charge in [-0.15, -0.1) is 11.3 Å². The monoisotopic (exact) mass is 551 g/mol. The van der Waals surface area contributed by atoms with Crippen molar-refractivity contribution in [1.29, 1.82) is 0 Å². The summed E-state index contributed by atoms with van der Waals surface area (Å²) in [5, 5.41) is 14.2. The van der Waals surface area contributed by atoms with Gasteiger partial charge in [-0.3, -0.25) is 15.1 Å². The number of aliphatic imine (C=N–C) groups is 1. The summed E-state index contributed by atoms with van der Waals surface area (Å²) in [5.41, 5.74) is 0.973. The molecule has 0 saturated carbocycles. The Morgan fingerprint density at radius 3 is 2.89 bits per heavy atom. The quantitative estimate of drug-likeness (QED) is 0.0655. The number of thioether (sulfide) groups is 2. The summed E-state index contributed by atoms with van der Waals surface area (Å²) in [7, 11) is 4.01. The summed E-state index contributed by atoms with van der Waals surface area (Å²) >= 11 is 5.06. The third kappa shape index (κ3) is 10.00. The van der Waals surface area contributed by atoms with Gasteiger partial charge in [-0.05, 0) is 57.8 Å². The number of aromatic nitrogens is 1. The molecule has 196 valence electrons. The van der Waals surface area contributed by atoms with E-state index in [2.05, 4.69) is 20.2 Å². The molecule has 2 heterocycles. The number of ether oxygens (including phenoxy) is 1. The first-order valence-corrected chi connectivity index (χ1v) is 14.7. The predicted molar refractivity (Wildman–Crippen MR) is 151 cm³/mol. The van der Waals surface area contributed by atoms with Crippen LogP contribution in [0.2, 0.25) is 0 Å². The van der Waals surface area contributed by atoms with Crippen molar-refractivity contribution in [2.24, 2.45) is 4.99 Å². The van der Waals surface area contributed by atoms with Crippen LogP contribution in [0.25, 0.3) is 10.2 Å². The minimum absolute atomic E-state index is 0.288. The Hall–Kier alpha value is -2.28. The van der Waals surface area contributed by atoms with Crippen LogP contribution in [-0.2, 0) is 12.3 Å². The number of benzene rings is 1. The maximum absolute atomic E-state index is 11.0. The van der Waals surface area contributed by atoms with Crippen molar-refractivity contribution < 1.29 is 14.1 Å². The van der Waals surface area contributed by atoms with Gasteiger partial charge in [0, 0.05) is 29.5 Å². The van der Waals surface area contributed by atoms with Crippen LogP contribution >= 0.6 is 34.9 Å². The van der Waals surface area contributed by atoms with Gasteiger partial charge in [-0.25, -0.2) is 4.98 Å². The summed E-state index contributed by atoms with van der Waals surface area (Å²) < 4.78 is 13.5. The highest BCUT2D eigenvalue weighted by atomic mass is 32.2. The molecule has 0 spiro atoms. The van der Waals surface area contributed by atoms with Gasteiger partial charge in [-0.1, -0.05) is 11.8 Å². The van der Waals surface area contributed by atoms with Crippen molar-refractivity contribution in [3.05, 3.63) is 52.0 Å². The predicted octanol–water partition coefficient (Wildman–Crippen LogP) is 5.03. The molecule has 0 aliphatic heterocycles. The Bertz CT molecular complexity index is 1130. The molecule has 0 saturated heterocycles. The topological polar surface area (TPSA) is 106 Å². The fraction of sp³-hybridized carbons (Fsp3) is 0.500. The van der Waals surface area contributed by atoms with E-state index < -0.39 is 0 Å². The first-order valence-electron chi connectivity index (χ1n) is 11.8. The van der Waals surface area contributed by atoms with Crippen LogP contribution in [0.4, 0.5) is 0 Å². The summed E-state index contributed by atoms with van der Waals surface area (Å²) in [6.45, 7) is 4.26. The van der Waals surface area contributed by atoms with Gasteiger partial charge in [0.2, 0.25) is 0 Å². The standard InChI is InChI=1S/C24H33N5O4S3/c1-4-32-18-8-9-21-22(14-18)36-24(27-21)35-12-5-10-25-23(16-29(30)31)26-11-13-34-17-20-7-6-19(33-20)15-28(2)3/h6-9,14H,4-5,10-13,15-17H2,1-3H3,(H,25,26). The van der Waals surface area contributed by atoms with E-state index in [0.29, 0.717) is 25.5 Å². The van der Waals surface area contributed by atoms with Crippen molar-refractivity contribution >= 4 is 50.9 Å². The molecule has 0 bridgehead atoms. The first kappa shape index (κ1) is 28.3. The van der Waals surface area contributed by atoms with Crippen molar-refractivity contribution in [2.75, 3.05) is 51.8 Å². The number of rotatable bonds is 16. The molecule has 0 aliphatic carbocycles. The number of hydrogen-bond acceptors (Lipinski definition) is 10. The van der Waals surface area contributed by atoms with E-state index in [9.17, 15) is 10.1 Å². The lowest BCUT2D eigenvalue weighted by Crippen LogP contribution is -2.32. The third-order valence-corrected chi connectivity index (χ3v) is 8.00. The number of furan rings is 1. The number of nitrogens with one attached hydrogen (secondary N) is 1. The molecule has 12 heteroatoms. The largest absolute Gasteiger partial charge is 0.494 e. The molecule has 36 heavy (non-hydrogen) atoms. The first-order chi connectivity index (χ1) is 17.4. The van der Waals surface area contributed by atoms with Crippen molar-refractivity contribution in [1.82, 2.24) is 15.2 Å². The Morgan fingerprint density at radius 2 is 2.11 bits per heavy atom. The van der Waals surface area contributed by atoms with Gasteiger partial charge in [0.15, 0.2) is 10.2 Å². The minimum atomic E-state index is -0.347. The number of thiazole rings is 1. The molecule has 3 aromatic rings. The lowest BCUT2D eigenvalue weighted by Gasteiger charge is -2.07. The lowest BCUT2D eigenvalue weighted by atomic mass is 10.3. The smallest absolute Gasteiger partial charge is 0.259 e. The maximum Gasteiger partial charge on any atom is 0.259 e. The van der Waals surface area contributed by atoms with Gasteiger partial charge in [0.05, 0.1) is 29.1 Å². The molecule has 3 rings (SSSR count). The summed E-state index contributed by atoms with van der Waals surface area (Å²) in [6.07, 6.45) is 0.816. The number of nitro groups is 1. The van der Waals surface area contributed by atoms with E-state index in [-0.39, 0.29) is 11.5 Å². The molecule has 0 aliphatic rings. The van der Waals surface area contributed by atoms with Gasteiger partial charge in [0.25, 0.3) is 6.54 Å². The van der Waals surface area contributed by atoms with E-state index in [1.54, 1.807) is 34.9 Å². The Labute approximate surface area is 224 Å². The van der Waals surface area contributed by atoms with Crippen LogP contribution in [0.15, 0.2) is 44.1 Å². The molecular formula is C24H33N5O4S3. The van der Waals surface area contributed by atoms with Crippen LogP contribution < -0.4 is 10.1 Å². The SMILES string of the molecule is CCOc1ccc2nc(SCCCN=C(C[N+](=O)[O-])NCCSCc3ccc(CN(C)C)o3)sc2c1. The van der Waals surface area contributed by atoms with Crippen LogP contribution in [0, 0.1) is 10.1 Å². The van der Waals surface area contributed by atoms with Crippen molar-refractivity contribution in [3.8, 4) is 5.75 Å². The van der Waals surface area contributed by atoms with Gasteiger partial charge >= 0.3 is 0 Å². The zero-order chi connectivity index (χ0) is 25.8. The molecule has 9 nitrogen and oxygen atoms in total. The van der Waals surface area contributed by atoms with Crippen molar-refractivity contribution in [3.63, 3.8) is 0 Å². The second kappa shape index (κ2) is 15.1. The number of hydrogen-bond donors (Lipinski definition) is 1.